The maximum absolute atomic E-state index is 12.1. The van der Waals surface area contributed by atoms with Gasteiger partial charge < -0.3 is 4.74 Å². The number of carbonyl (C=O) groups excluding carboxylic acids is 1. The molecule has 92 valence electrons. The molecule has 0 fully saturated rings. The molecule has 0 amide bonds. The first-order valence-electron chi connectivity index (χ1n) is 5.68. The molecular formula is C15H13ClO2. The number of benzene rings is 2. The third-order valence-electron chi connectivity index (χ3n) is 2.54. The summed E-state index contributed by atoms with van der Waals surface area (Å²) >= 11 is 5.86. The highest BCUT2D eigenvalue weighted by molar-refractivity contribution is 6.30. The summed E-state index contributed by atoms with van der Waals surface area (Å²) in [4.78, 5) is 12.1. The van der Waals surface area contributed by atoms with Gasteiger partial charge in [-0.3, -0.25) is 4.79 Å². The van der Waals surface area contributed by atoms with E-state index in [0.29, 0.717) is 16.3 Å². The quantitative estimate of drug-likeness (QED) is 0.777. The van der Waals surface area contributed by atoms with Gasteiger partial charge in [-0.25, -0.2) is 0 Å². The highest BCUT2D eigenvalue weighted by Gasteiger charge is 2.16. The minimum atomic E-state index is -0.536. The molecule has 2 aromatic rings. The van der Waals surface area contributed by atoms with Crippen LogP contribution < -0.4 is 4.74 Å². The zero-order valence-electron chi connectivity index (χ0n) is 9.97. The Labute approximate surface area is 111 Å². The second kappa shape index (κ2) is 5.69. The highest BCUT2D eigenvalue weighted by atomic mass is 35.5. The molecule has 0 saturated heterocycles. The van der Waals surface area contributed by atoms with E-state index in [-0.39, 0.29) is 5.78 Å². The van der Waals surface area contributed by atoms with Gasteiger partial charge in [0.15, 0.2) is 6.10 Å². The average Bonchev–Trinajstić information content (AvgIpc) is 2.39. The number of Topliss-reactive ketones (excluding diaryl/α,β-unsaturated/α-hetero) is 1. The van der Waals surface area contributed by atoms with Crippen LogP contribution in [0.15, 0.2) is 54.6 Å². The molecule has 0 spiro atoms. The average molecular weight is 261 g/mol. The third-order valence-corrected chi connectivity index (χ3v) is 2.77. The lowest BCUT2D eigenvalue weighted by Gasteiger charge is -2.13. The van der Waals surface area contributed by atoms with Gasteiger partial charge in [0.05, 0.1) is 0 Å². The molecule has 18 heavy (non-hydrogen) atoms. The lowest BCUT2D eigenvalue weighted by Crippen LogP contribution is -2.23. The molecule has 2 aromatic carbocycles. The number of rotatable bonds is 4. The van der Waals surface area contributed by atoms with Crippen LogP contribution in [0, 0.1) is 0 Å². The summed E-state index contributed by atoms with van der Waals surface area (Å²) in [5, 5.41) is 0.590. The molecule has 0 aliphatic carbocycles. The summed E-state index contributed by atoms with van der Waals surface area (Å²) in [7, 11) is 0. The first kappa shape index (κ1) is 12.7. The number of hydrogen-bond donors (Lipinski definition) is 0. The molecule has 1 atom stereocenters. The molecule has 0 radical (unpaired) electrons. The van der Waals surface area contributed by atoms with E-state index in [1.807, 2.05) is 18.2 Å². The Kier molecular flexibility index (Phi) is 4.00. The van der Waals surface area contributed by atoms with Crippen molar-refractivity contribution in [3.63, 3.8) is 0 Å². The standard InChI is InChI=1S/C15H13ClO2/c1-11(15(17)12-6-3-2-4-7-12)18-14-9-5-8-13(16)10-14/h2-11H,1H3/t11-/m1/s1. The van der Waals surface area contributed by atoms with Gasteiger partial charge in [-0.1, -0.05) is 48.0 Å². The minimum Gasteiger partial charge on any atom is -0.483 e. The molecule has 0 N–H and O–H groups in total. The molecule has 0 bridgehead atoms. The van der Waals surface area contributed by atoms with Crippen molar-refractivity contribution in [2.75, 3.05) is 0 Å². The summed E-state index contributed by atoms with van der Waals surface area (Å²) in [6.07, 6.45) is -0.536. The second-order valence-electron chi connectivity index (χ2n) is 3.95. The fourth-order valence-corrected chi connectivity index (χ4v) is 1.82. The largest absolute Gasteiger partial charge is 0.483 e. The third kappa shape index (κ3) is 3.11. The molecule has 3 heteroatoms. The van der Waals surface area contributed by atoms with Crippen LogP contribution in [0.25, 0.3) is 0 Å². The van der Waals surface area contributed by atoms with Crippen LogP contribution in [-0.4, -0.2) is 11.9 Å². The second-order valence-corrected chi connectivity index (χ2v) is 4.38. The van der Waals surface area contributed by atoms with Crippen molar-refractivity contribution in [2.24, 2.45) is 0 Å². The van der Waals surface area contributed by atoms with Crippen molar-refractivity contribution in [3.05, 3.63) is 65.2 Å². The zero-order chi connectivity index (χ0) is 13.0. The van der Waals surface area contributed by atoms with Gasteiger partial charge in [-0.15, -0.1) is 0 Å². The molecule has 0 aliphatic heterocycles. The molecule has 0 heterocycles. The Morgan fingerprint density at radius 3 is 2.50 bits per heavy atom. The molecule has 0 aliphatic rings. The van der Waals surface area contributed by atoms with Crippen molar-refractivity contribution in [1.29, 1.82) is 0 Å². The van der Waals surface area contributed by atoms with E-state index in [2.05, 4.69) is 0 Å². The first-order valence-corrected chi connectivity index (χ1v) is 6.06. The van der Waals surface area contributed by atoms with Crippen LogP contribution in [0.3, 0.4) is 0 Å². The van der Waals surface area contributed by atoms with Gasteiger partial charge in [0.1, 0.15) is 5.75 Å². The van der Waals surface area contributed by atoms with E-state index in [0.717, 1.165) is 0 Å². The van der Waals surface area contributed by atoms with E-state index in [1.165, 1.54) is 0 Å². The Hall–Kier alpha value is -1.80. The van der Waals surface area contributed by atoms with Gasteiger partial charge in [-0.2, -0.15) is 0 Å². The van der Waals surface area contributed by atoms with Crippen LogP contribution in [0.5, 0.6) is 5.75 Å². The fraction of sp³-hybridized carbons (Fsp3) is 0.133. The number of hydrogen-bond acceptors (Lipinski definition) is 2. The number of ketones is 1. The number of carbonyl (C=O) groups is 1. The molecule has 0 unspecified atom stereocenters. The Balaban J connectivity index is 2.09. The lowest BCUT2D eigenvalue weighted by atomic mass is 10.1. The number of ether oxygens (including phenoxy) is 1. The predicted octanol–water partition coefficient (Wildman–Crippen LogP) is 3.99. The van der Waals surface area contributed by atoms with Crippen molar-refractivity contribution in [1.82, 2.24) is 0 Å². The van der Waals surface area contributed by atoms with Crippen LogP contribution in [0.4, 0.5) is 0 Å². The van der Waals surface area contributed by atoms with E-state index in [4.69, 9.17) is 16.3 Å². The Bertz CT molecular complexity index is 537. The monoisotopic (exact) mass is 260 g/mol. The van der Waals surface area contributed by atoms with Gasteiger partial charge in [0.25, 0.3) is 0 Å². The SMILES string of the molecule is C[C@@H](Oc1cccc(Cl)c1)C(=O)c1ccccc1. The first-order chi connectivity index (χ1) is 8.66. The Morgan fingerprint density at radius 2 is 1.83 bits per heavy atom. The summed E-state index contributed by atoms with van der Waals surface area (Å²) in [5.41, 5.74) is 0.645. The van der Waals surface area contributed by atoms with Crippen molar-refractivity contribution < 1.29 is 9.53 Å². The summed E-state index contributed by atoms with van der Waals surface area (Å²) in [6, 6.07) is 16.1. The van der Waals surface area contributed by atoms with E-state index in [1.54, 1.807) is 43.3 Å². The fourth-order valence-electron chi connectivity index (χ4n) is 1.64. The van der Waals surface area contributed by atoms with Gasteiger partial charge in [-0.05, 0) is 25.1 Å². The minimum absolute atomic E-state index is 0.0458. The maximum atomic E-state index is 12.1. The Morgan fingerprint density at radius 1 is 1.11 bits per heavy atom. The molecule has 0 aromatic heterocycles. The maximum Gasteiger partial charge on any atom is 0.202 e. The number of halogens is 1. The molecular weight excluding hydrogens is 248 g/mol. The topological polar surface area (TPSA) is 26.3 Å². The molecule has 0 saturated carbocycles. The zero-order valence-corrected chi connectivity index (χ0v) is 10.7. The lowest BCUT2D eigenvalue weighted by molar-refractivity contribution is 0.0818. The molecule has 2 nitrogen and oxygen atoms in total. The van der Waals surface area contributed by atoms with Crippen LogP contribution >= 0.6 is 11.6 Å². The van der Waals surface area contributed by atoms with Crippen LogP contribution in [0.1, 0.15) is 17.3 Å². The van der Waals surface area contributed by atoms with Crippen LogP contribution in [0.2, 0.25) is 5.02 Å². The predicted molar refractivity (Wildman–Crippen MR) is 72.3 cm³/mol. The highest BCUT2D eigenvalue weighted by Crippen LogP contribution is 2.19. The summed E-state index contributed by atoms with van der Waals surface area (Å²) in [5.74, 6) is 0.551. The smallest absolute Gasteiger partial charge is 0.202 e. The van der Waals surface area contributed by atoms with Crippen molar-refractivity contribution in [2.45, 2.75) is 13.0 Å². The summed E-state index contributed by atoms with van der Waals surface area (Å²) < 4.78 is 5.58. The van der Waals surface area contributed by atoms with Crippen molar-refractivity contribution >= 4 is 17.4 Å². The summed E-state index contributed by atoms with van der Waals surface area (Å²) in [6.45, 7) is 1.73. The van der Waals surface area contributed by atoms with E-state index < -0.39 is 6.10 Å². The molecule has 2 rings (SSSR count). The van der Waals surface area contributed by atoms with Crippen molar-refractivity contribution in [3.8, 4) is 5.75 Å². The van der Waals surface area contributed by atoms with Gasteiger partial charge in [0, 0.05) is 10.6 Å². The van der Waals surface area contributed by atoms with Gasteiger partial charge in [0.2, 0.25) is 5.78 Å². The normalized spacial score (nSPS) is 11.9. The van der Waals surface area contributed by atoms with Gasteiger partial charge >= 0.3 is 0 Å². The van der Waals surface area contributed by atoms with E-state index >= 15 is 0 Å². The van der Waals surface area contributed by atoms with E-state index in [9.17, 15) is 4.79 Å². The van der Waals surface area contributed by atoms with Crippen LogP contribution in [-0.2, 0) is 0 Å².